The summed E-state index contributed by atoms with van der Waals surface area (Å²) in [6, 6.07) is 0. The molecule has 0 aromatic carbocycles. The minimum absolute atomic E-state index is 0.0926. The summed E-state index contributed by atoms with van der Waals surface area (Å²) in [5, 5.41) is 0.229. The highest BCUT2D eigenvalue weighted by Crippen LogP contribution is 2.75. The summed E-state index contributed by atoms with van der Waals surface area (Å²) in [6.07, 6.45) is 13.9. The molecule has 0 saturated heterocycles. The van der Waals surface area contributed by atoms with E-state index in [2.05, 4.69) is 88.4 Å². The standard InChI is InChI=1S/C36H64OSi/c1-30(2,3)38(12,13)37-29-17-18-34(9)27(32(29,6)7)16-19-36(11)28(34)15-14-25-26-24-31(4,5)20-21-33(26,8)22-23-35(25,36)10/h14,26-29H,15-24H2,1-13H3/t26-,27-,28+,29-,33+,34-,35+,36+/m0/s1/i8D3. The third-order valence-corrected chi connectivity index (χ3v) is 19.3. The Morgan fingerprint density at radius 2 is 1.53 bits per heavy atom. The van der Waals surface area contributed by atoms with Gasteiger partial charge in [0.25, 0.3) is 0 Å². The van der Waals surface area contributed by atoms with Crippen LogP contribution in [0.2, 0.25) is 18.1 Å². The Labute approximate surface area is 243 Å². The quantitative estimate of drug-likeness (QED) is 0.248. The summed E-state index contributed by atoms with van der Waals surface area (Å²) < 4.78 is 33.6. The van der Waals surface area contributed by atoms with Gasteiger partial charge in [0, 0.05) is 4.11 Å². The average molecular weight is 544 g/mol. The van der Waals surface area contributed by atoms with Crippen molar-refractivity contribution in [2.45, 2.75) is 165 Å². The smallest absolute Gasteiger partial charge is 0.192 e. The van der Waals surface area contributed by atoms with Gasteiger partial charge in [0.1, 0.15) is 0 Å². The number of rotatable bonds is 2. The Morgan fingerprint density at radius 3 is 2.16 bits per heavy atom. The van der Waals surface area contributed by atoms with E-state index in [1.165, 1.54) is 25.7 Å². The van der Waals surface area contributed by atoms with Crippen molar-refractivity contribution in [2.75, 3.05) is 0 Å². The molecule has 5 aliphatic carbocycles. The van der Waals surface area contributed by atoms with E-state index in [1.807, 2.05) is 0 Å². The zero-order valence-electron chi connectivity index (χ0n) is 30.4. The molecule has 0 amide bonds. The lowest BCUT2D eigenvalue weighted by Gasteiger charge is -2.71. The van der Waals surface area contributed by atoms with Crippen LogP contribution in [0.25, 0.3) is 0 Å². The molecule has 5 aliphatic rings. The molecule has 2 heteroatoms. The predicted molar refractivity (Wildman–Crippen MR) is 167 cm³/mol. The van der Waals surface area contributed by atoms with E-state index in [0.29, 0.717) is 23.4 Å². The van der Waals surface area contributed by atoms with Crippen molar-refractivity contribution in [1.29, 1.82) is 0 Å². The van der Waals surface area contributed by atoms with E-state index >= 15 is 0 Å². The average Bonchev–Trinajstić information content (AvgIpc) is 2.79. The first-order chi connectivity index (χ1) is 18.4. The van der Waals surface area contributed by atoms with Crippen molar-refractivity contribution >= 4 is 8.32 Å². The highest BCUT2D eigenvalue weighted by atomic mass is 28.4. The van der Waals surface area contributed by atoms with E-state index < -0.39 is 20.6 Å². The molecule has 0 spiro atoms. The van der Waals surface area contributed by atoms with Crippen molar-refractivity contribution in [3.05, 3.63) is 11.6 Å². The van der Waals surface area contributed by atoms with E-state index in [9.17, 15) is 0 Å². The Bertz CT molecular complexity index is 1080. The van der Waals surface area contributed by atoms with Crippen molar-refractivity contribution in [1.82, 2.24) is 0 Å². The second-order valence-electron chi connectivity index (χ2n) is 18.6. The third kappa shape index (κ3) is 3.98. The second kappa shape index (κ2) is 8.49. The van der Waals surface area contributed by atoms with Crippen molar-refractivity contribution < 1.29 is 8.54 Å². The largest absolute Gasteiger partial charge is 0.413 e. The number of fused-ring (bicyclic) bond motifs is 7. The molecule has 38 heavy (non-hydrogen) atoms. The van der Waals surface area contributed by atoms with Gasteiger partial charge in [0.15, 0.2) is 8.32 Å². The summed E-state index contributed by atoms with van der Waals surface area (Å²) in [4.78, 5) is 0. The first-order valence-electron chi connectivity index (χ1n) is 17.8. The van der Waals surface area contributed by atoms with Crippen LogP contribution in [0, 0.1) is 50.2 Å². The highest BCUT2D eigenvalue weighted by Gasteiger charge is 2.68. The van der Waals surface area contributed by atoms with Crippen molar-refractivity contribution in [2.24, 2.45) is 50.2 Å². The summed E-state index contributed by atoms with van der Waals surface area (Å²) >= 11 is 0. The lowest BCUT2D eigenvalue weighted by molar-refractivity contribution is -0.200. The molecule has 0 radical (unpaired) electrons. The topological polar surface area (TPSA) is 9.23 Å². The molecular formula is C36H64OSi. The fraction of sp³-hybridized carbons (Fsp3) is 0.944. The van der Waals surface area contributed by atoms with Crippen LogP contribution >= 0.6 is 0 Å². The van der Waals surface area contributed by atoms with Gasteiger partial charge >= 0.3 is 0 Å². The first-order valence-corrected chi connectivity index (χ1v) is 19.2. The molecule has 218 valence electrons. The minimum Gasteiger partial charge on any atom is -0.413 e. The van der Waals surface area contributed by atoms with Gasteiger partial charge in [-0.1, -0.05) is 87.7 Å². The minimum atomic E-state index is -1.88. The molecule has 1 nitrogen and oxygen atoms in total. The lowest BCUT2D eigenvalue weighted by atomic mass is 9.33. The zero-order valence-corrected chi connectivity index (χ0v) is 28.4. The van der Waals surface area contributed by atoms with Crippen LogP contribution in [-0.2, 0) is 4.43 Å². The molecule has 8 atom stereocenters. The van der Waals surface area contributed by atoms with Gasteiger partial charge in [-0.15, -0.1) is 0 Å². The predicted octanol–water partition coefficient (Wildman–Crippen LogP) is 11.2. The van der Waals surface area contributed by atoms with Crippen molar-refractivity contribution in [3.63, 3.8) is 0 Å². The van der Waals surface area contributed by atoms with Crippen LogP contribution in [0.4, 0.5) is 0 Å². The number of allylic oxidation sites excluding steroid dienone is 2. The van der Waals surface area contributed by atoms with E-state index in [-0.39, 0.29) is 32.6 Å². The molecule has 0 aromatic heterocycles. The molecule has 0 aliphatic heterocycles. The summed E-state index contributed by atoms with van der Waals surface area (Å²) in [5.74, 6) is 1.51. The van der Waals surface area contributed by atoms with Crippen LogP contribution < -0.4 is 0 Å². The maximum atomic E-state index is 8.78. The van der Waals surface area contributed by atoms with E-state index in [4.69, 9.17) is 8.54 Å². The molecule has 0 bridgehead atoms. The van der Waals surface area contributed by atoms with Gasteiger partial charge in [-0.25, -0.2) is 0 Å². The van der Waals surface area contributed by atoms with Gasteiger partial charge in [-0.3, -0.25) is 0 Å². The summed E-state index contributed by atoms with van der Waals surface area (Å²) in [5.41, 5.74) is 2.00. The first kappa shape index (κ1) is 25.6. The van der Waals surface area contributed by atoms with Gasteiger partial charge in [0.05, 0.1) is 6.10 Å². The van der Waals surface area contributed by atoms with Crippen LogP contribution in [0.1, 0.15) is 144 Å². The Balaban J connectivity index is 1.52. The van der Waals surface area contributed by atoms with E-state index in [0.717, 1.165) is 38.5 Å². The normalized spacial score (nSPS) is 49.7. The van der Waals surface area contributed by atoms with Crippen LogP contribution in [0.3, 0.4) is 0 Å². The molecule has 0 unspecified atom stereocenters. The lowest BCUT2D eigenvalue weighted by Crippen LogP contribution is -2.65. The van der Waals surface area contributed by atoms with Gasteiger partial charge in [0.2, 0.25) is 0 Å². The SMILES string of the molecule is [2H]C([2H])([2H])[C@]12CCC(C)(C)C[C@H]1C1=CC[C@@H]3[C@@]4(C)CC[C@H](O[Si](C)(C)C(C)(C)C)C(C)(C)[C@@H]4CC[C@@]3(C)[C@]1(C)CC2. The summed E-state index contributed by atoms with van der Waals surface area (Å²) in [6.45, 7) is 27.8. The zero-order chi connectivity index (χ0) is 30.9. The number of hydrogen-bond donors (Lipinski definition) is 0. The Kier molecular flexibility index (Phi) is 5.72. The van der Waals surface area contributed by atoms with E-state index in [1.54, 1.807) is 5.57 Å². The molecule has 0 heterocycles. The highest BCUT2D eigenvalue weighted by molar-refractivity contribution is 6.74. The summed E-state index contributed by atoms with van der Waals surface area (Å²) in [7, 11) is -1.85. The Hall–Kier alpha value is -0.0831. The van der Waals surface area contributed by atoms with Crippen LogP contribution in [0.5, 0.6) is 0 Å². The molecule has 4 saturated carbocycles. The molecule has 5 rings (SSSR count). The molecule has 4 fully saturated rings. The van der Waals surface area contributed by atoms with Crippen LogP contribution in [0.15, 0.2) is 11.6 Å². The fourth-order valence-electron chi connectivity index (χ4n) is 11.0. The second-order valence-corrected chi connectivity index (χ2v) is 23.4. The molecular weight excluding hydrogens is 476 g/mol. The third-order valence-electron chi connectivity index (χ3n) is 14.8. The molecule has 0 N–H and O–H groups in total. The maximum absolute atomic E-state index is 8.78. The number of hydrogen-bond acceptors (Lipinski definition) is 1. The van der Waals surface area contributed by atoms with Gasteiger partial charge < -0.3 is 4.43 Å². The van der Waals surface area contributed by atoms with Gasteiger partial charge in [-0.05, 0) is 133 Å². The fourth-order valence-corrected chi connectivity index (χ4v) is 12.5. The van der Waals surface area contributed by atoms with Crippen molar-refractivity contribution in [3.8, 4) is 0 Å². The van der Waals surface area contributed by atoms with Gasteiger partial charge in [-0.2, -0.15) is 0 Å². The van der Waals surface area contributed by atoms with Crippen LogP contribution in [-0.4, -0.2) is 14.4 Å². The Morgan fingerprint density at radius 1 is 0.868 bits per heavy atom. The molecule has 0 aromatic rings. The maximum Gasteiger partial charge on any atom is 0.192 e. The monoisotopic (exact) mass is 543 g/mol.